The van der Waals surface area contributed by atoms with Crippen molar-refractivity contribution in [3.8, 4) is 11.5 Å². The van der Waals surface area contributed by atoms with Crippen LogP contribution in [-0.2, 0) is 17.9 Å². The lowest BCUT2D eigenvalue weighted by molar-refractivity contribution is -0.274. The average Bonchev–Trinajstić information content (AvgIpc) is 3.05. The lowest BCUT2D eigenvalue weighted by Gasteiger charge is -2.25. The zero-order valence-electron chi connectivity index (χ0n) is 16.7. The number of nitrogens with one attached hydrogen (secondary N) is 1. The zero-order valence-corrected chi connectivity index (χ0v) is 16.7. The number of alkyl halides is 3. The summed E-state index contributed by atoms with van der Waals surface area (Å²) in [5.74, 6) is 0.620. The number of ether oxygens (including phenoxy) is 2. The second kappa shape index (κ2) is 9.84. The van der Waals surface area contributed by atoms with E-state index in [2.05, 4.69) is 10.1 Å². The van der Waals surface area contributed by atoms with Gasteiger partial charge in [0.25, 0.3) is 0 Å². The average molecular weight is 422 g/mol. The Labute approximate surface area is 173 Å². The van der Waals surface area contributed by atoms with E-state index in [0.717, 1.165) is 36.3 Å². The molecule has 5 nitrogen and oxygen atoms in total. The van der Waals surface area contributed by atoms with E-state index in [1.807, 2.05) is 29.2 Å². The van der Waals surface area contributed by atoms with Crippen molar-refractivity contribution in [1.29, 1.82) is 0 Å². The number of hydrogen-bond acceptors (Lipinski definition) is 4. The van der Waals surface area contributed by atoms with Crippen LogP contribution in [0.25, 0.3) is 0 Å². The number of amides is 1. The van der Waals surface area contributed by atoms with E-state index in [1.54, 1.807) is 19.2 Å². The number of rotatable bonds is 9. The molecular formula is C22H25F3N2O3. The highest BCUT2D eigenvalue weighted by Gasteiger charge is 2.32. The van der Waals surface area contributed by atoms with Crippen molar-refractivity contribution < 1.29 is 27.4 Å². The van der Waals surface area contributed by atoms with Crippen molar-refractivity contribution >= 4 is 5.91 Å². The van der Waals surface area contributed by atoms with Crippen LogP contribution in [0.15, 0.2) is 48.5 Å². The normalized spacial score (nSPS) is 16.7. The highest BCUT2D eigenvalue weighted by atomic mass is 19.4. The summed E-state index contributed by atoms with van der Waals surface area (Å²) in [4.78, 5) is 14.1. The molecule has 1 heterocycles. The Morgan fingerprint density at radius 3 is 2.57 bits per heavy atom. The summed E-state index contributed by atoms with van der Waals surface area (Å²) in [5, 5.41) is 3.39. The van der Waals surface area contributed by atoms with E-state index < -0.39 is 6.36 Å². The molecule has 8 heteroatoms. The van der Waals surface area contributed by atoms with Crippen LogP contribution >= 0.6 is 0 Å². The molecule has 3 rings (SSSR count). The number of hydrogen-bond donors (Lipinski definition) is 1. The number of halogens is 3. The molecule has 1 aliphatic rings. The molecule has 2 aromatic carbocycles. The first-order chi connectivity index (χ1) is 14.3. The minimum Gasteiger partial charge on any atom is -0.497 e. The summed E-state index contributed by atoms with van der Waals surface area (Å²) in [6.07, 6.45) is -2.62. The van der Waals surface area contributed by atoms with Crippen LogP contribution in [0.5, 0.6) is 11.5 Å². The lowest BCUT2D eigenvalue weighted by atomic mass is 10.1. The number of benzene rings is 2. The second-order valence-electron chi connectivity index (χ2n) is 7.22. The van der Waals surface area contributed by atoms with Gasteiger partial charge in [-0.15, -0.1) is 13.2 Å². The Morgan fingerprint density at radius 1 is 1.10 bits per heavy atom. The van der Waals surface area contributed by atoms with E-state index in [-0.39, 0.29) is 17.7 Å². The van der Waals surface area contributed by atoms with Gasteiger partial charge in [0.05, 0.1) is 7.11 Å². The summed E-state index contributed by atoms with van der Waals surface area (Å²) >= 11 is 0. The number of carbonyl (C=O) groups excluding carboxylic acids is 1. The third-order valence-electron chi connectivity index (χ3n) is 5.08. The van der Waals surface area contributed by atoms with Crippen LogP contribution in [0.3, 0.4) is 0 Å². The first kappa shape index (κ1) is 22.0. The molecular weight excluding hydrogens is 397 g/mol. The largest absolute Gasteiger partial charge is 0.573 e. The van der Waals surface area contributed by atoms with Crippen molar-refractivity contribution in [2.75, 3.05) is 13.7 Å². The lowest BCUT2D eigenvalue weighted by Crippen LogP contribution is -2.34. The molecule has 1 saturated heterocycles. The standard InChI is InChI=1S/C22H25F3N2O3/c1-29-20-4-2-3-17(13-20)14-26-12-11-18-7-10-21(28)27(18)15-16-5-8-19(9-6-16)30-22(23,24)25/h2-6,8-9,13,18,26H,7,10-12,14-15H2,1H3/t18-/m0/s1. The maximum Gasteiger partial charge on any atom is 0.573 e. The molecule has 162 valence electrons. The summed E-state index contributed by atoms with van der Waals surface area (Å²) < 4.78 is 45.9. The van der Waals surface area contributed by atoms with Gasteiger partial charge in [0.15, 0.2) is 0 Å². The Hall–Kier alpha value is -2.74. The van der Waals surface area contributed by atoms with E-state index in [4.69, 9.17) is 4.74 Å². The maximum atomic E-state index is 12.3. The molecule has 0 unspecified atom stereocenters. The smallest absolute Gasteiger partial charge is 0.497 e. The van der Waals surface area contributed by atoms with E-state index in [9.17, 15) is 18.0 Å². The van der Waals surface area contributed by atoms with E-state index in [1.165, 1.54) is 12.1 Å². The predicted octanol–water partition coefficient (Wildman–Crippen LogP) is 4.26. The fraction of sp³-hybridized carbons (Fsp3) is 0.409. The van der Waals surface area contributed by atoms with Crippen molar-refractivity contribution in [3.05, 3.63) is 59.7 Å². The first-order valence-electron chi connectivity index (χ1n) is 9.82. The molecule has 1 N–H and O–H groups in total. The quantitative estimate of drug-likeness (QED) is 0.614. The van der Waals surface area contributed by atoms with Crippen molar-refractivity contribution in [1.82, 2.24) is 10.2 Å². The molecule has 0 bridgehead atoms. The van der Waals surface area contributed by atoms with Gasteiger partial charge in [0.2, 0.25) is 5.91 Å². The Kier molecular flexibility index (Phi) is 7.20. The highest BCUT2D eigenvalue weighted by Crippen LogP contribution is 2.26. The molecule has 1 atom stereocenters. The SMILES string of the molecule is COc1cccc(CNCC[C@@H]2CCC(=O)N2Cc2ccc(OC(F)(F)F)cc2)c1. The number of methoxy groups -OCH3 is 1. The summed E-state index contributed by atoms with van der Waals surface area (Å²) in [6, 6.07) is 13.6. The van der Waals surface area contributed by atoms with Gasteiger partial charge in [0, 0.05) is 25.6 Å². The van der Waals surface area contributed by atoms with Gasteiger partial charge < -0.3 is 19.7 Å². The zero-order chi connectivity index (χ0) is 21.6. The van der Waals surface area contributed by atoms with Gasteiger partial charge in [-0.1, -0.05) is 24.3 Å². The molecule has 1 fully saturated rings. The second-order valence-corrected chi connectivity index (χ2v) is 7.22. The van der Waals surface area contributed by atoms with Gasteiger partial charge >= 0.3 is 6.36 Å². The predicted molar refractivity (Wildman–Crippen MR) is 106 cm³/mol. The van der Waals surface area contributed by atoms with Gasteiger partial charge in [-0.25, -0.2) is 0 Å². The number of nitrogens with zero attached hydrogens (tertiary/aromatic N) is 1. The molecule has 0 aliphatic carbocycles. The fourth-order valence-electron chi connectivity index (χ4n) is 3.59. The fourth-order valence-corrected chi connectivity index (χ4v) is 3.59. The summed E-state index contributed by atoms with van der Waals surface area (Å²) in [6.45, 7) is 1.84. The monoisotopic (exact) mass is 422 g/mol. The molecule has 2 aromatic rings. The van der Waals surface area contributed by atoms with E-state index in [0.29, 0.717) is 19.5 Å². The molecule has 0 spiro atoms. The Bertz CT molecular complexity index is 840. The molecule has 0 aromatic heterocycles. The van der Waals surface area contributed by atoms with Gasteiger partial charge in [-0.3, -0.25) is 4.79 Å². The molecule has 30 heavy (non-hydrogen) atoms. The molecule has 1 amide bonds. The van der Waals surface area contributed by atoms with Gasteiger partial charge in [-0.2, -0.15) is 0 Å². The first-order valence-corrected chi connectivity index (χ1v) is 9.82. The minimum absolute atomic E-state index is 0.0726. The van der Waals surface area contributed by atoms with Crippen molar-refractivity contribution in [2.24, 2.45) is 0 Å². The van der Waals surface area contributed by atoms with Gasteiger partial charge in [0.1, 0.15) is 11.5 Å². The Morgan fingerprint density at radius 2 is 1.87 bits per heavy atom. The maximum absolute atomic E-state index is 12.3. The van der Waals surface area contributed by atoms with E-state index >= 15 is 0 Å². The topological polar surface area (TPSA) is 50.8 Å². The third kappa shape index (κ3) is 6.38. The molecule has 0 saturated carbocycles. The van der Waals surface area contributed by atoms with Crippen molar-refractivity contribution in [3.63, 3.8) is 0 Å². The summed E-state index contributed by atoms with van der Waals surface area (Å²) in [7, 11) is 1.63. The number of carbonyl (C=O) groups is 1. The molecule has 1 aliphatic heterocycles. The van der Waals surface area contributed by atoms with Crippen LogP contribution in [0.1, 0.15) is 30.4 Å². The van der Waals surface area contributed by atoms with Crippen LogP contribution < -0.4 is 14.8 Å². The Balaban J connectivity index is 1.49. The third-order valence-corrected chi connectivity index (χ3v) is 5.08. The van der Waals surface area contributed by atoms with Crippen LogP contribution in [0.2, 0.25) is 0 Å². The minimum atomic E-state index is -4.71. The van der Waals surface area contributed by atoms with Crippen molar-refractivity contribution in [2.45, 2.75) is 44.8 Å². The molecule has 0 radical (unpaired) electrons. The highest BCUT2D eigenvalue weighted by molar-refractivity contribution is 5.78. The van der Waals surface area contributed by atoms with Crippen LogP contribution in [-0.4, -0.2) is 36.9 Å². The van der Waals surface area contributed by atoms with Crippen LogP contribution in [0, 0.1) is 0 Å². The summed E-state index contributed by atoms with van der Waals surface area (Å²) in [5.41, 5.74) is 1.89. The van der Waals surface area contributed by atoms with Gasteiger partial charge in [-0.05, 0) is 54.8 Å². The number of likely N-dealkylation sites (tertiary alicyclic amines) is 1. The van der Waals surface area contributed by atoms with Crippen LogP contribution in [0.4, 0.5) is 13.2 Å².